The van der Waals surface area contributed by atoms with Crippen molar-refractivity contribution >= 4 is 47.4 Å². The minimum atomic E-state index is -1.59. The first-order valence-electron chi connectivity index (χ1n) is 30.8. The number of esters is 4. The smallest absolute Gasteiger partial charge is 0.330 e. The molecule has 0 aliphatic rings. The van der Waals surface area contributed by atoms with E-state index in [1.165, 1.54) is 12.2 Å². The van der Waals surface area contributed by atoms with Crippen molar-refractivity contribution < 1.29 is 47.6 Å². The van der Waals surface area contributed by atoms with Crippen molar-refractivity contribution in [3.8, 4) is 11.5 Å². The van der Waals surface area contributed by atoms with E-state index in [4.69, 9.17) is 39.9 Å². The molecule has 0 bridgehead atoms. The largest absolute Gasteiger partial charge is 0.494 e. The van der Waals surface area contributed by atoms with Gasteiger partial charge >= 0.3 is 23.9 Å². The van der Waals surface area contributed by atoms with E-state index < -0.39 is 17.4 Å². The monoisotopic (exact) mass is 1110 g/mol. The minimum absolute atomic E-state index is 0.114. The van der Waals surface area contributed by atoms with Gasteiger partial charge in [0.1, 0.15) is 11.5 Å². The summed E-state index contributed by atoms with van der Waals surface area (Å²) in [7, 11) is 0. The number of carbonyl (C=O) groups excluding carboxylic acids is 4. The summed E-state index contributed by atoms with van der Waals surface area (Å²) in [5.74, 6) is -0.118. The van der Waals surface area contributed by atoms with E-state index in [2.05, 4.69) is 13.8 Å². The van der Waals surface area contributed by atoms with Crippen molar-refractivity contribution in [2.24, 2.45) is 5.41 Å². The maximum absolute atomic E-state index is 14.4. The highest BCUT2D eigenvalue weighted by Gasteiger charge is 2.49. The van der Waals surface area contributed by atoms with Gasteiger partial charge in [-0.1, -0.05) is 191 Å². The lowest BCUT2D eigenvalue weighted by Crippen LogP contribution is -2.46. The van der Waals surface area contributed by atoms with Crippen LogP contribution in [0.5, 0.6) is 11.5 Å². The lowest BCUT2D eigenvalue weighted by Gasteiger charge is -2.30. The zero-order chi connectivity index (χ0) is 57.9. The molecular formula is C69H98N2O10. The molecule has 0 spiro atoms. The molecule has 4 N–H and O–H groups in total. The Morgan fingerprint density at radius 2 is 0.642 bits per heavy atom. The third-order valence-corrected chi connectivity index (χ3v) is 14.4. The predicted octanol–water partition coefficient (Wildman–Crippen LogP) is 16.2. The molecule has 12 nitrogen and oxygen atoms in total. The minimum Gasteiger partial charge on any atom is -0.494 e. The van der Waals surface area contributed by atoms with Crippen LogP contribution in [-0.4, -0.2) is 63.5 Å². The van der Waals surface area contributed by atoms with Gasteiger partial charge in [-0.25, -0.2) is 9.59 Å². The van der Waals surface area contributed by atoms with Crippen LogP contribution in [0.25, 0.3) is 12.2 Å². The second kappa shape index (κ2) is 42.3. The quantitative estimate of drug-likeness (QED) is 0.0107. The number of unbranched alkanes of at least 4 members (excludes halogenated alkanes) is 22. The van der Waals surface area contributed by atoms with Crippen LogP contribution in [0.4, 0.5) is 11.4 Å². The van der Waals surface area contributed by atoms with Crippen LogP contribution in [0, 0.1) is 5.41 Å². The predicted molar refractivity (Wildman–Crippen MR) is 329 cm³/mol. The number of anilines is 2. The van der Waals surface area contributed by atoms with E-state index in [1.807, 2.05) is 72.8 Å². The number of ether oxygens (including phenoxy) is 6. The van der Waals surface area contributed by atoms with E-state index in [-0.39, 0.29) is 38.0 Å². The molecule has 0 heterocycles. The van der Waals surface area contributed by atoms with Gasteiger partial charge < -0.3 is 39.9 Å². The van der Waals surface area contributed by atoms with Crippen molar-refractivity contribution in [2.45, 2.75) is 194 Å². The van der Waals surface area contributed by atoms with Crippen LogP contribution >= 0.6 is 0 Å². The summed E-state index contributed by atoms with van der Waals surface area (Å²) in [5.41, 5.74) is 15.1. The third kappa shape index (κ3) is 30.2. The molecule has 12 heteroatoms. The Kier molecular flexibility index (Phi) is 35.0. The zero-order valence-corrected chi connectivity index (χ0v) is 49.3. The van der Waals surface area contributed by atoms with Gasteiger partial charge in [0.25, 0.3) is 0 Å². The van der Waals surface area contributed by atoms with Crippen LogP contribution in [0.3, 0.4) is 0 Å². The molecule has 4 rings (SSSR count). The summed E-state index contributed by atoms with van der Waals surface area (Å²) >= 11 is 0. The first-order chi connectivity index (χ1) is 39.6. The molecule has 0 saturated carbocycles. The van der Waals surface area contributed by atoms with Crippen molar-refractivity contribution in [1.82, 2.24) is 0 Å². The Labute approximate surface area is 486 Å². The number of hydrogen-bond acceptors (Lipinski definition) is 12. The Balaban J connectivity index is 1.10. The van der Waals surface area contributed by atoms with Gasteiger partial charge in [0.05, 0.1) is 39.6 Å². The average molecular weight is 1120 g/mol. The fourth-order valence-corrected chi connectivity index (χ4v) is 9.45. The van der Waals surface area contributed by atoms with Gasteiger partial charge in [-0.05, 0) is 134 Å². The third-order valence-electron chi connectivity index (χ3n) is 14.4. The lowest BCUT2D eigenvalue weighted by atomic mass is 9.76. The normalized spacial score (nSPS) is 11.5. The van der Waals surface area contributed by atoms with E-state index >= 15 is 0 Å². The molecule has 0 aliphatic carbocycles. The number of carbonyl (C=O) groups is 4. The van der Waals surface area contributed by atoms with Crippen LogP contribution in [-0.2, 0) is 51.0 Å². The molecule has 4 aromatic rings. The summed E-state index contributed by atoms with van der Waals surface area (Å²) < 4.78 is 34.5. The molecular weight excluding hydrogens is 1020 g/mol. The average Bonchev–Trinajstić information content (AvgIpc) is 3.52. The van der Waals surface area contributed by atoms with Crippen molar-refractivity contribution in [2.75, 3.05) is 51.1 Å². The Morgan fingerprint density at radius 1 is 0.358 bits per heavy atom. The van der Waals surface area contributed by atoms with Gasteiger partial charge in [-0.3, -0.25) is 9.59 Å². The van der Waals surface area contributed by atoms with Gasteiger partial charge in [-0.2, -0.15) is 0 Å². The van der Waals surface area contributed by atoms with Gasteiger partial charge in [-0.15, -0.1) is 0 Å². The standard InChI is InChI=1S/C69H98N2O10/c1-3-5-7-23-51-78-65(72)47-37-57-33-43-63(44-34-57)76-49-25-19-15-11-9-13-17-21-27-53-80-67(74)69(55-59-29-39-61(70)40-30-59,56-60-31-41-62(71)42-32-60)68(75)81-54-28-22-18-14-10-12-16-20-26-50-77-64-45-35-58(36-46-64)38-48-66(73)79-52-24-8-6-4-2/h29-48H,3-28,49-56,70-71H2,1-2H3. The first kappa shape index (κ1) is 66.9. The van der Waals surface area contributed by atoms with Crippen molar-refractivity contribution in [1.29, 1.82) is 0 Å². The number of nitrogens with two attached hydrogens (primary N) is 2. The van der Waals surface area contributed by atoms with Gasteiger partial charge in [0.2, 0.25) is 0 Å². The van der Waals surface area contributed by atoms with E-state index in [0.29, 0.717) is 50.6 Å². The highest BCUT2D eigenvalue weighted by atomic mass is 16.6. The Bertz CT molecular complexity index is 2200. The SMILES string of the molecule is CCCCCCOC(=O)C=Cc1ccc(OCCCCCCCCCCCOC(=O)C(Cc2ccc(N)cc2)(Cc2ccc(N)cc2)C(=O)OCCCCCCCCCCCOc2ccc(C=CC(=O)OCCCCCC)cc2)cc1. The van der Waals surface area contributed by atoms with Crippen LogP contribution in [0.15, 0.2) is 109 Å². The molecule has 444 valence electrons. The van der Waals surface area contributed by atoms with Crippen molar-refractivity contribution in [3.05, 3.63) is 131 Å². The second-order valence-electron chi connectivity index (χ2n) is 21.5. The van der Waals surface area contributed by atoms with E-state index in [9.17, 15) is 19.2 Å². The Morgan fingerprint density at radius 3 is 0.963 bits per heavy atom. The maximum atomic E-state index is 14.4. The molecule has 0 aliphatic heterocycles. The summed E-state index contributed by atoms with van der Waals surface area (Å²) in [6.07, 6.45) is 34.0. The zero-order valence-electron chi connectivity index (χ0n) is 49.3. The number of benzene rings is 4. The van der Waals surface area contributed by atoms with E-state index in [1.54, 1.807) is 36.4 Å². The maximum Gasteiger partial charge on any atom is 0.330 e. The van der Waals surface area contributed by atoms with E-state index in [0.717, 1.165) is 188 Å². The molecule has 0 aromatic heterocycles. The summed E-state index contributed by atoms with van der Waals surface area (Å²) in [6.45, 7) is 7.04. The molecule has 0 amide bonds. The first-order valence-corrected chi connectivity index (χ1v) is 30.8. The molecule has 0 saturated heterocycles. The second-order valence-corrected chi connectivity index (χ2v) is 21.5. The highest BCUT2D eigenvalue weighted by molar-refractivity contribution is 6.01. The molecule has 81 heavy (non-hydrogen) atoms. The fourth-order valence-electron chi connectivity index (χ4n) is 9.45. The summed E-state index contributed by atoms with van der Waals surface area (Å²) in [6, 6.07) is 30.0. The molecule has 0 unspecified atom stereocenters. The topological polar surface area (TPSA) is 176 Å². The summed E-state index contributed by atoms with van der Waals surface area (Å²) in [5, 5.41) is 0. The number of nitrogen functional groups attached to an aromatic ring is 2. The molecule has 0 radical (unpaired) electrons. The number of rotatable bonds is 46. The van der Waals surface area contributed by atoms with Crippen molar-refractivity contribution in [3.63, 3.8) is 0 Å². The lowest BCUT2D eigenvalue weighted by molar-refractivity contribution is -0.173. The van der Waals surface area contributed by atoms with Crippen LogP contribution in [0.1, 0.15) is 203 Å². The van der Waals surface area contributed by atoms with Crippen LogP contribution < -0.4 is 20.9 Å². The molecule has 0 fully saturated rings. The molecule has 0 atom stereocenters. The highest BCUT2D eigenvalue weighted by Crippen LogP contribution is 2.33. The van der Waals surface area contributed by atoms with Crippen LogP contribution in [0.2, 0.25) is 0 Å². The Hall–Kier alpha value is -6.56. The number of hydrogen-bond donors (Lipinski definition) is 2. The molecule has 4 aromatic carbocycles. The summed E-state index contributed by atoms with van der Waals surface area (Å²) in [4.78, 5) is 52.7. The van der Waals surface area contributed by atoms with Gasteiger partial charge in [0, 0.05) is 23.5 Å². The fraction of sp³-hybridized carbons (Fsp3) is 0.536. The van der Waals surface area contributed by atoms with Gasteiger partial charge in [0.15, 0.2) is 5.41 Å².